The van der Waals surface area contributed by atoms with E-state index >= 15 is 4.39 Å². The van der Waals surface area contributed by atoms with Gasteiger partial charge in [0.2, 0.25) is 17.6 Å². The van der Waals surface area contributed by atoms with Crippen LogP contribution in [0.2, 0.25) is 0 Å². The quantitative estimate of drug-likeness (QED) is 0.176. The Morgan fingerprint density at radius 3 is 2.48 bits per heavy atom. The molecule has 4 aromatic heterocycles. The molecule has 4 aliphatic rings. The van der Waals surface area contributed by atoms with Gasteiger partial charge in [-0.15, -0.1) is 0 Å². The Morgan fingerprint density at radius 1 is 0.983 bits per heavy atom. The summed E-state index contributed by atoms with van der Waals surface area (Å²) in [4.78, 5) is 64.3. The number of hydrogen-bond donors (Lipinski definition) is 2. The first-order valence-corrected chi connectivity index (χ1v) is 20.6. The fourth-order valence-electron chi connectivity index (χ4n) is 9.01. The molecule has 4 fully saturated rings. The van der Waals surface area contributed by atoms with Gasteiger partial charge in [0.05, 0.1) is 17.3 Å². The van der Waals surface area contributed by atoms with E-state index in [0.29, 0.717) is 28.5 Å². The third kappa shape index (κ3) is 7.45. The molecule has 58 heavy (non-hydrogen) atoms. The van der Waals surface area contributed by atoms with Gasteiger partial charge in [0.25, 0.3) is 11.5 Å². The van der Waals surface area contributed by atoms with Crippen LogP contribution in [0.1, 0.15) is 111 Å². The van der Waals surface area contributed by atoms with Gasteiger partial charge >= 0.3 is 6.03 Å². The molecule has 2 N–H and O–H groups in total. The van der Waals surface area contributed by atoms with Crippen molar-refractivity contribution in [2.24, 2.45) is 13.0 Å². The maximum Gasteiger partial charge on any atom is 0.329 e. The summed E-state index contributed by atoms with van der Waals surface area (Å²) >= 11 is 0. The molecule has 6 heterocycles. The van der Waals surface area contributed by atoms with Crippen molar-refractivity contribution in [3.05, 3.63) is 75.8 Å². The van der Waals surface area contributed by atoms with Crippen LogP contribution in [0.15, 0.2) is 47.7 Å². The summed E-state index contributed by atoms with van der Waals surface area (Å²) in [6.07, 6.45) is 13.2. The smallest absolute Gasteiger partial charge is 0.329 e. The number of rotatable bonds is 10. The first kappa shape index (κ1) is 37.9. The molecule has 9 rings (SSSR count). The lowest BCUT2D eigenvalue weighted by atomic mass is 9.80. The molecule has 2 saturated heterocycles. The highest BCUT2D eigenvalue weighted by molar-refractivity contribution is 6.09. The van der Waals surface area contributed by atoms with Crippen molar-refractivity contribution in [2.75, 3.05) is 36.4 Å². The van der Waals surface area contributed by atoms with Crippen molar-refractivity contribution in [1.82, 2.24) is 38.9 Å². The number of pyridine rings is 1. The topological polar surface area (TPSA) is 161 Å². The maximum absolute atomic E-state index is 15.7. The molecule has 0 unspecified atom stereocenters. The number of nitrogens with one attached hydrogen (secondary N) is 2. The Labute approximate surface area is 334 Å². The number of imide groups is 1. The number of aromatic nitrogens is 6. The van der Waals surface area contributed by atoms with E-state index in [4.69, 9.17) is 9.72 Å². The largest absolute Gasteiger partial charge is 0.474 e. The Kier molecular flexibility index (Phi) is 9.98. The highest BCUT2D eigenvalue weighted by atomic mass is 19.1. The van der Waals surface area contributed by atoms with Crippen LogP contribution in [-0.4, -0.2) is 83.7 Å². The molecule has 0 spiro atoms. The Morgan fingerprint density at radius 2 is 1.76 bits per heavy atom. The number of fused-ring (bicyclic) bond motifs is 2. The molecule has 0 radical (unpaired) electrons. The number of likely N-dealkylation sites (tertiary alicyclic amines) is 1. The molecule has 1 aromatic carbocycles. The minimum atomic E-state index is -0.538. The predicted octanol–water partition coefficient (Wildman–Crippen LogP) is 5.89. The second-order valence-corrected chi connectivity index (χ2v) is 16.7. The molecule has 15 nitrogen and oxygen atoms in total. The van der Waals surface area contributed by atoms with Crippen molar-refractivity contribution in [3.63, 3.8) is 0 Å². The van der Waals surface area contributed by atoms with Crippen LogP contribution in [-0.2, 0) is 11.8 Å². The SMILES string of the molecule is CC(C)Oc1nc2nc(C3CCC(CN4CCC(c5cc6c(cc5F)c(N5CCC(=O)NC5=O)nn6C)CC4)CC3)cn2cc1C(=O)Nc1cccn(C2CC2)c1=O. The number of urea groups is 1. The maximum atomic E-state index is 15.7. The summed E-state index contributed by atoms with van der Waals surface area (Å²) in [6, 6.07) is 6.43. The van der Waals surface area contributed by atoms with Crippen LogP contribution in [0.5, 0.6) is 5.88 Å². The van der Waals surface area contributed by atoms with Crippen LogP contribution in [0.3, 0.4) is 0 Å². The Balaban J connectivity index is 0.816. The number of nitrogens with zero attached hydrogens (tertiary/aromatic N) is 8. The van der Waals surface area contributed by atoms with Crippen LogP contribution < -0.4 is 25.8 Å². The number of hydrogen-bond acceptors (Lipinski definition) is 9. The summed E-state index contributed by atoms with van der Waals surface area (Å²) in [7, 11) is 1.79. The van der Waals surface area contributed by atoms with Gasteiger partial charge in [-0.2, -0.15) is 10.1 Å². The van der Waals surface area contributed by atoms with E-state index in [0.717, 1.165) is 82.2 Å². The molecular formula is C42H49FN10O5. The van der Waals surface area contributed by atoms with Gasteiger partial charge in [-0.3, -0.25) is 33.7 Å². The fraction of sp³-hybridized carbons (Fsp3) is 0.500. The molecule has 4 amide bonds. The van der Waals surface area contributed by atoms with Gasteiger partial charge in [0, 0.05) is 62.5 Å². The molecular weight excluding hydrogens is 744 g/mol. The number of ether oxygens (including phenoxy) is 1. The highest BCUT2D eigenvalue weighted by Crippen LogP contribution is 2.39. The third-order valence-electron chi connectivity index (χ3n) is 12.3. The highest BCUT2D eigenvalue weighted by Gasteiger charge is 2.32. The number of carbonyl (C=O) groups is 3. The van der Waals surface area contributed by atoms with Gasteiger partial charge in [-0.1, -0.05) is 0 Å². The normalized spacial score (nSPS) is 20.9. The molecule has 2 aliphatic carbocycles. The van der Waals surface area contributed by atoms with Crippen LogP contribution >= 0.6 is 0 Å². The lowest BCUT2D eigenvalue weighted by molar-refractivity contribution is -0.120. The lowest BCUT2D eigenvalue weighted by Gasteiger charge is -2.36. The first-order valence-electron chi connectivity index (χ1n) is 20.6. The van der Waals surface area contributed by atoms with Crippen molar-refractivity contribution >= 4 is 46.0 Å². The summed E-state index contributed by atoms with van der Waals surface area (Å²) in [5, 5.41) is 10.2. The van der Waals surface area contributed by atoms with Crippen molar-refractivity contribution in [3.8, 4) is 5.88 Å². The second-order valence-electron chi connectivity index (χ2n) is 16.7. The molecule has 5 aromatic rings. The summed E-state index contributed by atoms with van der Waals surface area (Å²) < 4.78 is 26.8. The van der Waals surface area contributed by atoms with Gasteiger partial charge in [0.15, 0.2) is 5.82 Å². The Hall–Kier alpha value is -5.64. The van der Waals surface area contributed by atoms with Gasteiger partial charge in [-0.25, -0.2) is 14.2 Å². The Bertz CT molecular complexity index is 2470. The van der Waals surface area contributed by atoms with E-state index in [-0.39, 0.29) is 71.4 Å². The van der Waals surface area contributed by atoms with Crippen molar-refractivity contribution in [2.45, 2.75) is 95.6 Å². The number of carbonyl (C=O) groups excluding carboxylic acids is 3. The van der Waals surface area contributed by atoms with E-state index < -0.39 is 11.9 Å². The zero-order valence-electron chi connectivity index (χ0n) is 33.1. The number of halogens is 1. The number of benzene rings is 1. The summed E-state index contributed by atoms with van der Waals surface area (Å²) in [5.41, 5.74) is 2.63. The van der Waals surface area contributed by atoms with E-state index in [1.54, 1.807) is 45.2 Å². The molecule has 304 valence electrons. The number of piperidine rings is 1. The minimum Gasteiger partial charge on any atom is -0.474 e. The van der Waals surface area contributed by atoms with Crippen LogP contribution in [0, 0.1) is 11.7 Å². The van der Waals surface area contributed by atoms with E-state index in [1.165, 1.54) is 11.0 Å². The monoisotopic (exact) mass is 792 g/mol. The summed E-state index contributed by atoms with van der Waals surface area (Å²) in [5.74, 6) is 0.864. The van der Waals surface area contributed by atoms with Gasteiger partial charge in [-0.05, 0) is 120 Å². The van der Waals surface area contributed by atoms with E-state index in [2.05, 4.69) is 25.6 Å². The zero-order chi connectivity index (χ0) is 40.2. The first-order chi connectivity index (χ1) is 28.0. The fourth-order valence-corrected chi connectivity index (χ4v) is 9.01. The molecule has 0 atom stereocenters. The molecule has 16 heteroatoms. The number of amides is 4. The number of imidazole rings is 1. The van der Waals surface area contributed by atoms with Gasteiger partial charge < -0.3 is 19.5 Å². The van der Waals surface area contributed by atoms with Crippen molar-refractivity contribution in [1.29, 1.82) is 0 Å². The zero-order valence-corrected chi connectivity index (χ0v) is 33.1. The van der Waals surface area contributed by atoms with E-state index in [1.807, 2.05) is 26.1 Å². The third-order valence-corrected chi connectivity index (χ3v) is 12.3. The minimum absolute atomic E-state index is 0.0917. The molecule has 2 saturated carbocycles. The average molecular weight is 793 g/mol. The second kappa shape index (κ2) is 15.3. The van der Waals surface area contributed by atoms with Gasteiger partial charge in [0.1, 0.15) is 17.1 Å². The predicted molar refractivity (Wildman–Crippen MR) is 215 cm³/mol. The van der Waals surface area contributed by atoms with E-state index in [9.17, 15) is 19.2 Å². The summed E-state index contributed by atoms with van der Waals surface area (Å²) in [6.45, 7) is 6.77. The molecule has 0 bridgehead atoms. The number of aryl methyl sites for hydroxylation is 1. The van der Waals surface area contributed by atoms with Crippen LogP contribution in [0.4, 0.5) is 20.7 Å². The standard InChI is InChI=1S/C42H49FN10O5/c1-24(2)58-39-31(38(55)44-33-5-4-15-52(40(33)56)28-10-11-28)22-51-23-34(45-41(51)47-39)27-8-6-25(7-9-27)21-50-16-12-26(13-17-50)29-20-35-30(19-32(29)43)37(48-49(35)3)53-18-14-36(54)46-42(53)57/h4-5,15,19-20,22-28H,6-14,16-18,21H2,1-3H3,(H,44,55)(H,46,54,57). The number of anilines is 2. The van der Waals surface area contributed by atoms with Crippen LogP contribution in [0.25, 0.3) is 16.7 Å². The lowest BCUT2D eigenvalue weighted by Crippen LogP contribution is -2.49. The average Bonchev–Trinajstić information content (AvgIpc) is 3.88. The van der Waals surface area contributed by atoms with Crippen molar-refractivity contribution < 1.29 is 23.5 Å². The molecule has 2 aliphatic heterocycles.